The number of rotatable bonds is 1. The molecule has 0 amide bonds. The first-order valence-electron chi connectivity index (χ1n) is 5.05. The van der Waals surface area contributed by atoms with E-state index in [0.29, 0.717) is 5.84 Å². The predicted molar refractivity (Wildman–Crippen MR) is 62.0 cm³/mol. The molecule has 2 N–H and O–H groups in total. The van der Waals surface area contributed by atoms with Crippen LogP contribution in [0, 0.1) is 5.41 Å². The van der Waals surface area contributed by atoms with E-state index in [9.17, 15) is 5.11 Å². The van der Waals surface area contributed by atoms with Crippen LogP contribution < -0.4 is 5.32 Å². The minimum Gasteiger partial charge on any atom is -0.493 e. The van der Waals surface area contributed by atoms with Gasteiger partial charge in [0.1, 0.15) is 5.84 Å². The number of hydrogen-bond donors (Lipinski definition) is 2. The predicted octanol–water partition coefficient (Wildman–Crippen LogP) is 2.70. The number of nitrogens with one attached hydrogen (secondary N) is 1. The Kier molecular flexibility index (Phi) is 2.51. The van der Waals surface area contributed by atoms with Crippen LogP contribution in [0.4, 0.5) is 0 Å². The molecule has 2 rings (SSSR count). The quantitative estimate of drug-likeness (QED) is 0.676. The topological polar surface area (TPSA) is 44.6 Å². The van der Waals surface area contributed by atoms with E-state index < -0.39 is 0 Å². The maximum absolute atomic E-state index is 9.79. The number of halogens is 1. The third kappa shape index (κ3) is 2.02. The van der Waals surface area contributed by atoms with Crippen LogP contribution in [0.15, 0.2) is 28.2 Å². The minimum absolute atomic E-state index is 0.114. The second kappa shape index (κ2) is 3.56. The Hall–Kier alpha value is -0.960. The van der Waals surface area contributed by atoms with Crippen LogP contribution in [0.25, 0.3) is 0 Å². The number of aliphatic imine (C=N–C) groups is 1. The first-order valence-corrected chi connectivity index (χ1v) is 5.58. The number of aliphatic hydroxyl groups is 1. The summed E-state index contributed by atoms with van der Waals surface area (Å²) in [6.45, 7) is 4.36. The third-order valence-corrected chi connectivity index (χ3v) is 3.01. The Morgan fingerprint density at radius 2 is 2.33 bits per heavy atom. The van der Waals surface area contributed by atoms with Gasteiger partial charge in [0.15, 0.2) is 0 Å². The van der Waals surface area contributed by atoms with Crippen molar-refractivity contribution in [3.05, 3.63) is 23.2 Å². The molecule has 15 heavy (non-hydrogen) atoms. The Morgan fingerprint density at radius 3 is 3.00 bits per heavy atom. The smallest absolute Gasteiger partial charge is 0.217 e. The molecule has 0 unspecified atom stereocenters. The van der Waals surface area contributed by atoms with Gasteiger partial charge in [0.25, 0.3) is 0 Å². The average Bonchev–Trinajstić information content (AvgIpc) is 2.18. The Balaban J connectivity index is 2.38. The number of hydrogen-bond acceptors (Lipinski definition) is 3. The lowest BCUT2D eigenvalue weighted by atomic mass is 9.77. The van der Waals surface area contributed by atoms with Gasteiger partial charge < -0.3 is 10.4 Å². The van der Waals surface area contributed by atoms with Gasteiger partial charge in [0.05, 0.1) is 5.88 Å². The van der Waals surface area contributed by atoms with Gasteiger partial charge in [-0.1, -0.05) is 19.9 Å². The monoisotopic (exact) mass is 226 g/mol. The highest BCUT2D eigenvalue weighted by molar-refractivity contribution is 6.28. The fourth-order valence-electron chi connectivity index (χ4n) is 1.92. The Bertz CT molecular complexity index is 380. The minimum atomic E-state index is 0.114. The molecule has 82 valence electrons. The molecule has 3 nitrogen and oxygen atoms in total. The fourth-order valence-corrected chi connectivity index (χ4v) is 2.04. The van der Waals surface area contributed by atoms with Crippen molar-refractivity contribution in [3.63, 3.8) is 0 Å². The maximum atomic E-state index is 9.79. The normalized spacial score (nSPS) is 23.9. The lowest BCUT2D eigenvalue weighted by Crippen LogP contribution is -2.33. The van der Waals surface area contributed by atoms with Gasteiger partial charge in [-0.15, -0.1) is 11.6 Å². The molecule has 0 aromatic carbocycles. The highest BCUT2D eigenvalue weighted by Gasteiger charge is 2.30. The lowest BCUT2D eigenvalue weighted by Gasteiger charge is -2.32. The molecule has 1 aliphatic heterocycles. The highest BCUT2D eigenvalue weighted by atomic mass is 35.5. The van der Waals surface area contributed by atoms with Crippen molar-refractivity contribution < 1.29 is 5.11 Å². The molecule has 0 saturated heterocycles. The van der Waals surface area contributed by atoms with Gasteiger partial charge in [-0.05, 0) is 18.3 Å². The van der Waals surface area contributed by atoms with E-state index in [4.69, 9.17) is 11.6 Å². The molecule has 0 saturated carbocycles. The third-order valence-electron chi connectivity index (χ3n) is 2.76. The molecule has 0 fully saturated rings. The van der Waals surface area contributed by atoms with Crippen molar-refractivity contribution in [2.75, 3.05) is 5.88 Å². The molecule has 1 heterocycles. The lowest BCUT2D eigenvalue weighted by molar-refractivity contribution is 0.331. The number of allylic oxidation sites excluding steroid dienone is 2. The largest absolute Gasteiger partial charge is 0.493 e. The summed E-state index contributed by atoms with van der Waals surface area (Å²) in [6.07, 6.45) is 3.95. The van der Waals surface area contributed by atoms with Crippen molar-refractivity contribution in [1.82, 2.24) is 5.32 Å². The number of aliphatic hydroxyl groups excluding tert-OH is 1. The van der Waals surface area contributed by atoms with Gasteiger partial charge in [-0.3, -0.25) is 0 Å². The Morgan fingerprint density at radius 1 is 1.60 bits per heavy atom. The zero-order valence-electron chi connectivity index (χ0n) is 8.97. The van der Waals surface area contributed by atoms with E-state index in [-0.39, 0.29) is 17.2 Å². The molecule has 0 aromatic heterocycles. The van der Waals surface area contributed by atoms with Crippen molar-refractivity contribution in [2.45, 2.75) is 26.7 Å². The number of amidine groups is 1. The van der Waals surface area contributed by atoms with Gasteiger partial charge in [-0.25, -0.2) is 0 Å². The van der Waals surface area contributed by atoms with Crippen molar-refractivity contribution in [3.8, 4) is 0 Å². The van der Waals surface area contributed by atoms with Crippen LogP contribution in [0.1, 0.15) is 26.7 Å². The second-order valence-corrected chi connectivity index (χ2v) is 5.05. The summed E-state index contributed by atoms with van der Waals surface area (Å²) in [5.74, 6) is 1.02. The molecule has 0 atom stereocenters. The van der Waals surface area contributed by atoms with Crippen molar-refractivity contribution in [2.24, 2.45) is 10.4 Å². The van der Waals surface area contributed by atoms with Crippen LogP contribution in [-0.4, -0.2) is 16.8 Å². The van der Waals surface area contributed by atoms with E-state index >= 15 is 0 Å². The number of fused-ring (bicyclic) bond motifs is 1. The molecule has 2 aliphatic rings. The molecule has 0 radical (unpaired) electrons. The zero-order valence-corrected chi connectivity index (χ0v) is 9.73. The summed E-state index contributed by atoms with van der Waals surface area (Å²) in [6, 6.07) is 0. The van der Waals surface area contributed by atoms with Gasteiger partial charge >= 0.3 is 0 Å². The van der Waals surface area contributed by atoms with E-state index in [1.165, 1.54) is 0 Å². The molecule has 4 heteroatoms. The Labute approximate surface area is 94.5 Å². The summed E-state index contributed by atoms with van der Waals surface area (Å²) in [4.78, 5) is 4.02. The van der Waals surface area contributed by atoms with Crippen LogP contribution in [0.5, 0.6) is 0 Å². The van der Waals surface area contributed by atoms with E-state index in [1.54, 1.807) is 0 Å². The second-order valence-electron chi connectivity index (χ2n) is 4.78. The SMILES string of the molecule is CC1(C)CC=C2NC(CCl)=NC(O)=C2C1. The van der Waals surface area contributed by atoms with Crippen molar-refractivity contribution >= 4 is 17.4 Å². The van der Waals surface area contributed by atoms with E-state index in [0.717, 1.165) is 24.1 Å². The number of nitrogens with zero attached hydrogens (tertiary/aromatic N) is 1. The molecular formula is C11H15ClN2O. The summed E-state index contributed by atoms with van der Waals surface area (Å²) in [7, 11) is 0. The first kappa shape index (κ1) is 10.6. The summed E-state index contributed by atoms with van der Waals surface area (Å²) in [5.41, 5.74) is 2.07. The van der Waals surface area contributed by atoms with Gasteiger partial charge in [0.2, 0.25) is 5.88 Å². The average molecular weight is 227 g/mol. The molecular weight excluding hydrogens is 212 g/mol. The van der Waals surface area contributed by atoms with Crippen molar-refractivity contribution in [1.29, 1.82) is 0 Å². The van der Waals surface area contributed by atoms with Gasteiger partial charge in [-0.2, -0.15) is 4.99 Å². The van der Waals surface area contributed by atoms with E-state index in [1.807, 2.05) is 0 Å². The summed E-state index contributed by atoms with van der Waals surface area (Å²) in [5, 5.41) is 12.9. The summed E-state index contributed by atoms with van der Waals surface area (Å²) >= 11 is 5.68. The van der Waals surface area contributed by atoms with Crippen LogP contribution in [-0.2, 0) is 0 Å². The molecule has 1 aliphatic carbocycles. The fraction of sp³-hybridized carbons (Fsp3) is 0.545. The standard InChI is InChI=1S/C11H15ClN2O/c1-11(2)4-3-8-7(5-11)10(15)14-9(6-12)13-8/h3,15H,4-6H2,1-2H3,(H,13,14). The van der Waals surface area contributed by atoms with Crippen LogP contribution in [0.2, 0.25) is 0 Å². The van der Waals surface area contributed by atoms with Crippen LogP contribution in [0.3, 0.4) is 0 Å². The number of alkyl halides is 1. The van der Waals surface area contributed by atoms with Crippen LogP contribution >= 0.6 is 11.6 Å². The van der Waals surface area contributed by atoms with Gasteiger partial charge in [0, 0.05) is 11.3 Å². The van der Waals surface area contributed by atoms with E-state index in [2.05, 4.69) is 30.2 Å². The summed E-state index contributed by atoms with van der Waals surface area (Å²) < 4.78 is 0. The maximum Gasteiger partial charge on any atom is 0.217 e. The molecule has 0 spiro atoms. The molecule has 0 bridgehead atoms. The molecule has 0 aromatic rings. The highest BCUT2D eigenvalue weighted by Crippen LogP contribution is 2.39. The zero-order chi connectivity index (χ0) is 11.1. The first-order chi connectivity index (χ1) is 7.02.